The van der Waals surface area contributed by atoms with Crippen molar-refractivity contribution in [1.82, 2.24) is 0 Å². The van der Waals surface area contributed by atoms with Gasteiger partial charge in [-0.15, -0.1) is 0 Å². The van der Waals surface area contributed by atoms with Gasteiger partial charge in [0, 0.05) is 12.5 Å². The second-order valence-electron chi connectivity index (χ2n) is 2.59. The van der Waals surface area contributed by atoms with Gasteiger partial charge in [0.2, 0.25) is 5.30 Å². The summed E-state index contributed by atoms with van der Waals surface area (Å²) >= 11 is 0. The first-order valence-corrected chi connectivity index (χ1v) is 5.28. The molecule has 0 heterocycles. The zero-order valence-corrected chi connectivity index (χ0v) is 8.53. The molecule has 4 nitrogen and oxygen atoms in total. The minimum atomic E-state index is -2.20. The molecule has 0 amide bonds. The molecule has 1 aromatic carbocycles. The third-order valence-corrected chi connectivity index (χ3v) is 2.58. The highest BCUT2D eigenvalue weighted by molar-refractivity contribution is 7.48. The summed E-state index contributed by atoms with van der Waals surface area (Å²) in [5, 5.41) is 9.39. The van der Waals surface area contributed by atoms with E-state index < -0.39 is 14.0 Å². The van der Waals surface area contributed by atoms with Gasteiger partial charge in [-0.3, -0.25) is 0 Å². The highest BCUT2D eigenvalue weighted by Gasteiger charge is 2.26. The van der Waals surface area contributed by atoms with Crippen LogP contribution in [0.5, 0.6) is 5.75 Å². The minimum absolute atomic E-state index is 0.00148. The summed E-state index contributed by atoms with van der Waals surface area (Å²) in [6, 6.07) is 5.83. The fourth-order valence-electron chi connectivity index (χ4n) is 0.816. The fraction of sp³-hybridized carbons (Fsp3) is 0.222. The Balaban J connectivity index is 2.75. The van der Waals surface area contributed by atoms with E-state index in [1.165, 1.54) is 24.3 Å². The first-order chi connectivity index (χ1) is 6.63. The van der Waals surface area contributed by atoms with Crippen LogP contribution in [0.25, 0.3) is 0 Å². The fourth-order valence-corrected chi connectivity index (χ4v) is 1.68. The number of hydrogen-bond donors (Lipinski definition) is 1. The van der Waals surface area contributed by atoms with E-state index in [2.05, 4.69) is 4.52 Å². The molecule has 1 rings (SSSR count). The van der Waals surface area contributed by atoms with Crippen molar-refractivity contribution in [2.75, 3.05) is 0 Å². The molecule has 0 aliphatic rings. The summed E-state index contributed by atoms with van der Waals surface area (Å²) in [7, 11) is -2.20. The van der Waals surface area contributed by atoms with Crippen molar-refractivity contribution in [3.63, 3.8) is 0 Å². The SMILES string of the molecule is CCC(=O)O[P+](=O)c1cccc(O)c1. The lowest BCUT2D eigenvalue weighted by Gasteiger charge is -1.90. The van der Waals surface area contributed by atoms with Crippen molar-refractivity contribution >= 4 is 19.3 Å². The van der Waals surface area contributed by atoms with Crippen LogP contribution in [0.2, 0.25) is 0 Å². The molecule has 0 radical (unpaired) electrons. The van der Waals surface area contributed by atoms with Crippen molar-refractivity contribution in [3.05, 3.63) is 24.3 Å². The van der Waals surface area contributed by atoms with Crippen LogP contribution in [0.15, 0.2) is 24.3 Å². The molecule has 0 bridgehead atoms. The molecule has 74 valence electrons. The van der Waals surface area contributed by atoms with Crippen LogP contribution in [0.1, 0.15) is 13.3 Å². The molecule has 0 fully saturated rings. The predicted molar refractivity (Wildman–Crippen MR) is 51.7 cm³/mol. The molecule has 0 spiro atoms. The number of hydrogen-bond acceptors (Lipinski definition) is 4. The van der Waals surface area contributed by atoms with E-state index in [1.54, 1.807) is 6.92 Å². The molecule has 0 saturated heterocycles. The molecular formula is C9H10O4P+. The Hall–Kier alpha value is -1.41. The number of rotatable bonds is 3. The Kier molecular flexibility index (Phi) is 3.60. The number of benzene rings is 1. The van der Waals surface area contributed by atoms with Gasteiger partial charge >= 0.3 is 14.0 Å². The Labute approximate surface area is 82.4 Å². The predicted octanol–water partition coefficient (Wildman–Crippen LogP) is 1.71. The lowest BCUT2D eigenvalue weighted by Crippen LogP contribution is -2.02. The average molecular weight is 213 g/mol. The summed E-state index contributed by atoms with van der Waals surface area (Å²) in [6.45, 7) is 1.62. The van der Waals surface area contributed by atoms with E-state index in [-0.39, 0.29) is 12.2 Å². The standard InChI is InChI=1S/C9H9O4P/c1-2-9(11)13-14(12)8-5-3-4-7(10)6-8/h3-6H,2H2,1H3/p+1. The molecule has 1 atom stereocenters. The van der Waals surface area contributed by atoms with Gasteiger partial charge in [0.1, 0.15) is 5.75 Å². The van der Waals surface area contributed by atoms with Crippen LogP contribution in [0.4, 0.5) is 0 Å². The van der Waals surface area contributed by atoms with Crippen LogP contribution >= 0.6 is 8.03 Å². The van der Waals surface area contributed by atoms with Crippen molar-refractivity contribution in [2.45, 2.75) is 13.3 Å². The summed E-state index contributed by atoms with van der Waals surface area (Å²) in [5.41, 5.74) is 0. The van der Waals surface area contributed by atoms with Crippen LogP contribution in [0, 0.1) is 0 Å². The molecule has 0 aliphatic heterocycles. The summed E-state index contributed by atoms with van der Waals surface area (Å²) in [6.07, 6.45) is 0.180. The van der Waals surface area contributed by atoms with Gasteiger partial charge in [-0.2, -0.15) is 0 Å². The van der Waals surface area contributed by atoms with E-state index in [9.17, 15) is 9.36 Å². The van der Waals surface area contributed by atoms with Gasteiger partial charge in [-0.05, 0) is 16.7 Å². The number of carbonyl (C=O) groups is 1. The quantitative estimate of drug-likeness (QED) is 0.776. The Morgan fingerprint density at radius 1 is 1.57 bits per heavy atom. The molecule has 5 heteroatoms. The van der Waals surface area contributed by atoms with Crippen LogP contribution in [-0.2, 0) is 13.9 Å². The maximum atomic E-state index is 11.4. The summed E-state index contributed by atoms with van der Waals surface area (Å²) < 4.78 is 16.0. The van der Waals surface area contributed by atoms with Gasteiger partial charge in [-0.1, -0.05) is 13.0 Å². The van der Waals surface area contributed by atoms with Crippen molar-refractivity contribution in [2.24, 2.45) is 0 Å². The van der Waals surface area contributed by atoms with E-state index in [0.29, 0.717) is 5.30 Å². The van der Waals surface area contributed by atoms with E-state index in [0.717, 1.165) is 0 Å². The second kappa shape index (κ2) is 4.72. The third kappa shape index (κ3) is 2.82. The summed E-state index contributed by atoms with van der Waals surface area (Å²) in [4.78, 5) is 10.8. The highest BCUT2D eigenvalue weighted by Crippen LogP contribution is 2.23. The number of aromatic hydroxyl groups is 1. The van der Waals surface area contributed by atoms with E-state index >= 15 is 0 Å². The topological polar surface area (TPSA) is 63.6 Å². The summed E-state index contributed by atoms with van der Waals surface area (Å²) in [5.74, 6) is -0.521. The molecule has 0 aliphatic carbocycles. The molecule has 0 aromatic heterocycles. The lowest BCUT2D eigenvalue weighted by molar-refractivity contribution is -0.133. The van der Waals surface area contributed by atoms with Gasteiger partial charge in [-0.25, -0.2) is 9.32 Å². The molecule has 0 saturated carbocycles. The Morgan fingerprint density at radius 3 is 2.86 bits per heavy atom. The number of phenolic OH excluding ortho intramolecular Hbond substituents is 1. The van der Waals surface area contributed by atoms with Gasteiger partial charge in [0.15, 0.2) is 0 Å². The van der Waals surface area contributed by atoms with Gasteiger partial charge < -0.3 is 5.11 Å². The molecule has 1 aromatic rings. The Bertz CT molecular complexity index is 362. The highest BCUT2D eigenvalue weighted by atomic mass is 31.1. The van der Waals surface area contributed by atoms with Gasteiger partial charge in [0.25, 0.3) is 0 Å². The van der Waals surface area contributed by atoms with Crippen molar-refractivity contribution < 1.29 is 19.0 Å². The molecule has 1 N–H and O–H groups in total. The molecular weight excluding hydrogens is 203 g/mol. The largest absolute Gasteiger partial charge is 0.600 e. The van der Waals surface area contributed by atoms with Crippen LogP contribution in [-0.4, -0.2) is 11.1 Å². The second-order valence-corrected chi connectivity index (χ2v) is 3.81. The zero-order valence-electron chi connectivity index (χ0n) is 7.64. The molecule has 14 heavy (non-hydrogen) atoms. The monoisotopic (exact) mass is 213 g/mol. The Morgan fingerprint density at radius 2 is 2.29 bits per heavy atom. The third-order valence-electron chi connectivity index (χ3n) is 1.51. The van der Waals surface area contributed by atoms with E-state index in [4.69, 9.17) is 5.11 Å². The number of carbonyl (C=O) groups excluding carboxylic acids is 1. The normalized spacial score (nSPS) is 10.8. The number of phenols is 1. The minimum Gasteiger partial charge on any atom is -0.508 e. The maximum absolute atomic E-state index is 11.4. The molecule has 1 unspecified atom stereocenters. The van der Waals surface area contributed by atoms with Crippen molar-refractivity contribution in [3.8, 4) is 5.75 Å². The average Bonchev–Trinajstić information content (AvgIpc) is 2.17. The maximum Gasteiger partial charge on any atom is 0.600 e. The first-order valence-electron chi connectivity index (χ1n) is 4.10. The first kappa shape index (κ1) is 10.7. The van der Waals surface area contributed by atoms with Crippen LogP contribution < -0.4 is 5.30 Å². The lowest BCUT2D eigenvalue weighted by atomic mass is 10.3. The smallest absolute Gasteiger partial charge is 0.508 e. The van der Waals surface area contributed by atoms with Crippen molar-refractivity contribution in [1.29, 1.82) is 0 Å². The van der Waals surface area contributed by atoms with E-state index in [1.807, 2.05) is 0 Å². The zero-order chi connectivity index (χ0) is 10.6. The van der Waals surface area contributed by atoms with Crippen LogP contribution in [0.3, 0.4) is 0 Å². The van der Waals surface area contributed by atoms with Gasteiger partial charge in [0.05, 0.1) is 0 Å².